The third kappa shape index (κ3) is 3.66. The smallest absolute Gasteiger partial charge is 0.411 e. The fourth-order valence-electron chi connectivity index (χ4n) is 1.97. The summed E-state index contributed by atoms with van der Waals surface area (Å²) in [4.78, 5) is 34.2. The van der Waals surface area contributed by atoms with Crippen LogP contribution in [0.3, 0.4) is 0 Å². The van der Waals surface area contributed by atoms with E-state index in [2.05, 4.69) is 0 Å². The molecule has 0 aliphatic rings. The van der Waals surface area contributed by atoms with Crippen molar-refractivity contribution in [3.05, 3.63) is 39.4 Å². The van der Waals surface area contributed by atoms with Crippen molar-refractivity contribution >= 4 is 18.1 Å². The van der Waals surface area contributed by atoms with Gasteiger partial charge in [-0.25, -0.2) is 9.18 Å². The summed E-state index contributed by atoms with van der Waals surface area (Å²) >= 11 is 0. The van der Waals surface area contributed by atoms with Crippen molar-refractivity contribution in [3.63, 3.8) is 0 Å². The van der Waals surface area contributed by atoms with Gasteiger partial charge in [0.15, 0.2) is 0 Å². The predicted molar refractivity (Wildman–Crippen MR) is 80.4 cm³/mol. The Morgan fingerprint density at radius 2 is 1.83 bits per heavy atom. The summed E-state index contributed by atoms with van der Waals surface area (Å²) in [5.74, 6) is -2.71. The Bertz CT molecular complexity index is 687. The zero-order valence-electron chi connectivity index (χ0n) is 13.9. The molecule has 1 unspecified atom stereocenters. The number of rotatable bonds is 4. The van der Waals surface area contributed by atoms with Crippen molar-refractivity contribution in [1.29, 1.82) is 0 Å². The van der Waals surface area contributed by atoms with Gasteiger partial charge in [-0.05, 0) is 33.8 Å². The molecular weight excluding hydrogens is 326 g/mol. The van der Waals surface area contributed by atoms with Crippen LogP contribution in [0.15, 0.2) is 12.1 Å². The van der Waals surface area contributed by atoms with E-state index in [0.717, 1.165) is 14.0 Å². The molecule has 1 aromatic carbocycles. The van der Waals surface area contributed by atoms with Gasteiger partial charge < -0.3 is 9.53 Å². The third-order valence-corrected chi connectivity index (χ3v) is 3.37. The molecule has 0 aliphatic carbocycles. The minimum Gasteiger partial charge on any atom is -0.444 e. The molecule has 7 nitrogen and oxygen atoms in total. The maximum Gasteiger partial charge on any atom is 0.411 e. The van der Waals surface area contributed by atoms with E-state index in [1.165, 1.54) is 0 Å². The average Bonchev–Trinajstić information content (AvgIpc) is 2.43. The number of halogens is 2. The summed E-state index contributed by atoms with van der Waals surface area (Å²) in [7, 11) is 1.11. The Balaban J connectivity index is 3.49. The van der Waals surface area contributed by atoms with Gasteiger partial charge in [-0.15, -0.1) is 0 Å². The van der Waals surface area contributed by atoms with Crippen LogP contribution in [0, 0.1) is 21.7 Å². The summed E-state index contributed by atoms with van der Waals surface area (Å²) < 4.78 is 33.6. The molecule has 1 atom stereocenters. The Kier molecular flexibility index (Phi) is 5.27. The number of nitro groups is 1. The van der Waals surface area contributed by atoms with Gasteiger partial charge in [0.05, 0.1) is 10.5 Å². The molecule has 0 aliphatic heterocycles. The molecule has 24 heavy (non-hydrogen) atoms. The number of amides is 1. The number of ether oxygens (including phenoxy) is 1. The Morgan fingerprint density at radius 1 is 1.29 bits per heavy atom. The highest BCUT2D eigenvalue weighted by atomic mass is 19.1. The summed E-state index contributed by atoms with van der Waals surface area (Å²) in [5, 5.41) is 10.8. The molecule has 0 radical (unpaired) electrons. The lowest BCUT2D eigenvalue weighted by Gasteiger charge is -2.35. The van der Waals surface area contributed by atoms with Gasteiger partial charge in [0.1, 0.15) is 23.2 Å². The first-order chi connectivity index (χ1) is 10.8. The van der Waals surface area contributed by atoms with Crippen LogP contribution in [0.1, 0.15) is 33.3 Å². The number of nitro benzene ring substituents is 1. The van der Waals surface area contributed by atoms with E-state index in [9.17, 15) is 28.5 Å². The Hall–Kier alpha value is -2.58. The quantitative estimate of drug-likeness (QED) is 0.475. The summed E-state index contributed by atoms with van der Waals surface area (Å²) in [6, 6.07) is 1.31. The molecule has 0 N–H and O–H groups in total. The average molecular weight is 344 g/mol. The highest BCUT2D eigenvalue weighted by Gasteiger charge is 2.43. The standard InChI is InChI=1S/C15H18F2N2O5/c1-14(2,3)24-13(21)18(5)15(4,8-20)11-9(16)6-7-10(12(11)17)19(22)23/h6-8H,1-5H3. The molecule has 9 heteroatoms. The zero-order chi connectivity index (χ0) is 18.9. The minimum absolute atomic E-state index is 0.127. The molecule has 0 fully saturated rings. The van der Waals surface area contributed by atoms with Crippen molar-refractivity contribution in [3.8, 4) is 0 Å². The number of aldehydes is 1. The molecule has 1 rings (SSSR count). The molecule has 0 spiro atoms. The summed E-state index contributed by atoms with van der Waals surface area (Å²) in [5.41, 5.74) is -4.95. The van der Waals surface area contributed by atoms with Crippen molar-refractivity contribution < 1.29 is 28.0 Å². The van der Waals surface area contributed by atoms with E-state index in [1.54, 1.807) is 20.8 Å². The first-order valence-corrected chi connectivity index (χ1v) is 6.91. The van der Waals surface area contributed by atoms with Crippen molar-refractivity contribution in [2.75, 3.05) is 7.05 Å². The number of carbonyl (C=O) groups is 2. The molecule has 0 aromatic heterocycles. The molecule has 132 valence electrons. The highest BCUT2D eigenvalue weighted by molar-refractivity contribution is 5.78. The molecule has 0 bridgehead atoms. The van der Waals surface area contributed by atoms with E-state index in [4.69, 9.17) is 4.74 Å². The van der Waals surface area contributed by atoms with Crippen LogP contribution in [0.25, 0.3) is 0 Å². The largest absolute Gasteiger partial charge is 0.444 e. The maximum absolute atomic E-state index is 14.4. The first-order valence-electron chi connectivity index (χ1n) is 6.91. The molecular formula is C15H18F2N2O5. The van der Waals surface area contributed by atoms with E-state index in [-0.39, 0.29) is 6.29 Å². The molecule has 1 amide bonds. The molecule has 0 heterocycles. The van der Waals surface area contributed by atoms with Gasteiger partial charge in [-0.3, -0.25) is 15.0 Å². The van der Waals surface area contributed by atoms with Gasteiger partial charge in [0.25, 0.3) is 0 Å². The van der Waals surface area contributed by atoms with Crippen LogP contribution < -0.4 is 0 Å². The number of carbonyl (C=O) groups excluding carboxylic acids is 2. The third-order valence-electron chi connectivity index (χ3n) is 3.37. The second-order valence-corrected chi connectivity index (χ2v) is 6.32. The lowest BCUT2D eigenvalue weighted by molar-refractivity contribution is -0.387. The van der Waals surface area contributed by atoms with Crippen LogP contribution in [0.2, 0.25) is 0 Å². The monoisotopic (exact) mass is 344 g/mol. The molecule has 0 saturated heterocycles. The SMILES string of the molecule is CN(C(=O)OC(C)(C)C)C(C)(C=O)c1c(F)ccc([N+](=O)[O-])c1F. The number of benzene rings is 1. The van der Waals surface area contributed by atoms with Crippen LogP contribution in [0.5, 0.6) is 0 Å². The fourth-order valence-corrected chi connectivity index (χ4v) is 1.97. The van der Waals surface area contributed by atoms with E-state index in [0.29, 0.717) is 17.0 Å². The number of likely N-dealkylation sites (N-methyl/N-ethyl adjacent to an activating group) is 1. The first kappa shape index (κ1) is 19.5. The topological polar surface area (TPSA) is 89.8 Å². The fraction of sp³-hybridized carbons (Fsp3) is 0.467. The Labute approximate surface area is 137 Å². The van der Waals surface area contributed by atoms with Crippen LogP contribution in [0.4, 0.5) is 19.3 Å². The number of hydrogen-bond acceptors (Lipinski definition) is 5. The lowest BCUT2D eigenvalue weighted by atomic mass is 9.90. The minimum atomic E-state index is -2.14. The normalized spacial score (nSPS) is 13.8. The molecule has 0 saturated carbocycles. The van der Waals surface area contributed by atoms with Crippen LogP contribution in [-0.4, -0.2) is 34.9 Å². The summed E-state index contributed by atoms with van der Waals surface area (Å²) in [6.45, 7) is 5.79. The van der Waals surface area contributed by atoms with Gasteiger partial charge in [-0.2, -0.15) is 4.39 Å². The summed E-state index contributed by atoms with van der Waals surface area (Å²) in [6.07, 6.45) is -0.885. The second-order valence-electron chi connectivity index (χ2n) is 6.32. The predicted octanol–water partition coefficient (Wildman–Crippen LogP) is 3.15. The number of hydrogen-bond donors (Lipinski definition) is 0. The van der Waals surface area contributed by atoms with Gasteiger partial charge >= 0.3 is 11.8 Å². The second kappa shape index (κ2) is 6.50. The van der Waals surface area contributed by atoms with E-state index >= 15 is 0 Å². The van der Waals surface area contributed by atoms with Gasteiger partial charge in [-0.1, -0.05) is 0 Å². The van der Waals surface area contributed by atoms with Crippen LogP contribution in [-0.2, 0) is 15.1 Å². The van der Waals surface area contributed by atoms with Crippen molar-refractivity contribution in [1.82, 2.24) is 4.90 Å². The highest BCUT2D eigenvalue weighted by Crippen LogP contribution is 2.34. The maximum atomic E-state index is 14.4. The van der Waals surface area contributed by atoms with Gasteiger partial charge in [0.2, 0.25) is 5.82 Å². The molecule has 1 aromatic rings. The van der Waals surface area contributed by atoms with E-state index < -0.39 is 45.0 Å². The van der Waals surface area contributed by atoms with Crippen molar-refractivity contribution in [2.45, 2.75) is 38.8 Å². The van der Waals surface area contributed by atoms with Crippen molar-refractivity contribution in [2.24, 2.45) is 0 Å². The lowest BCUT2D eigenvalue weighted by Crippen LogP contribution is -2.49. The number of nitrogens with zero attached hydrogens (tertiary/aromatic N) is 2. The zero-order valence-corrected chi connectivity index (χ0v) is 13.9. The van der Waals surface area contributed by atoms with Crippen LogP contribution >= 0.6 is 0 Å². The van der Waals surface area contributed by atoms with E-state index in [1.807, 2.05) is 0 Å². The Morgan fingerprint density at radius 3 is 2.25 bits per heavy atom. The van der Waals surface area contributed by atoms with Gasteiger partial charge in [0, 0.05) is 13.1 Å².